The SMILES string of the molecule is CNC(c1ccc(C)cc1Br)c1sc(C)cc1C. The standard InChI is InChI=1S/C15H18BrNS/c1-9-5-6-12(13(16)7-9)14(17-4)15-10(2)8-11(3)18-15/h5-8,14,17H,1-4H3. The van der Waals surface area contributed by atoms with Gasteiger partial charge in [0.05, 0.1) is 6.04 Å². The van der Waals surface area contributed by atoms with E-state index in [1.807, 2.05) is 18.4 Å². The highest BCUT2D eigenvalue weighted by Crippen LogP contribution is 2.35. The van der Waals surface area contributed by atoms with Gasteiger partial charge in [-0.15, -0.1) is 11.3 Å². The molecule has 1 aromatic carbocycles. The summed E-state index contributed by atoms with van der Waals surface area (Å²) < 4.78 is 1.17. The summed E-state index contributed by atoms with van der Waals surface area (Å²) in [5.74, 6) is 0. The van der Waals surface area contributed by atoms with E-state index in [0.717, 1.165) is 0 Å². The Labute approximate surface area is 121 Å². The molecule has 1 heterocycles. The predicted octanol–water partition coefficient (Wildman–Crippen LogP) is 4.74. The van der Waals surface area contributed by atoms with Crippen molar-refractivity contribution in [1.29, 1.82) is 0 Å². The number of rotatable bonds is 3. The van der Waals surface area contributed by atoms with Crippen molar-refractivity contribution in [3.05, 3.63) is 55.2 Å². The minimum atomic E-state index is 0.263. The predicted molar refractivity (Wildman–Crippen MR) is 83.6 cm³/mol. The second kappa shape index (κ2) is 5.55. The largest absolute Gasteiger partial charge is 0.309 e. The van der Waals surface area contributed by atoms with Gasteiger partial charge in [-0.1, -0.05) is 28.1 Å². The van der Waals surface area contributed by atoms with Crippen molar-refractivity contribution >= 4 is 27.3 Å². The van der Waals surface area contributed by atoms with Crippen LogP contribution in [0.4, 0.5) is 0 Å². The summed E-state index contributed by atoms with van der Waals surface area (Å²) in [4.78, 5) is 2.77. The summed E-state index contributed by atoms with van der Waals surface area (Å²) in [6, 6.07) is 9.07. The molecule has 1 N–H and O–H groups in total. The van der Waals surface area contributed by atoms with Gasteiger partial charge >= 0.3 is 0 Å². The van der Waals surface area contributed by atoms with Crippen molar-refractivity contribution in [3.8, 4) is 0 Å². The lowest BCUT2D eigenvalue weighted by Gasteiger charge is -2.18. The van der Waals surface area contributed by atoms with Crippen LogP contribution >= 0.6 is 27.3 Å². The molecule has 0 spiro atoms. The topological polar surface area (TPSA) is 12.0 Å². The third kappa shape index (κ3) is 2.68. The van der Waals surface area contributed by atoms with Crippen molar-refractivity contribution < 1.29 is 0 Å². The summed E-state index contributed by atoms with van der Waals surface area (Å²) in [6.07, 6.45) is 0. The Morgan fingerprint density at radius 1 is 1.17 bits per heavy atom. The van der Waals surface area contributed by atoms with Gasteiger partial charge in [-0.3, -0.25) is 0 Å². The number of aryl methyl sites for hydroxylation is 3. The lowest BCUT2D eigenvalue weighted by atomic mass is 10.0. The first-order valence-electron chi connectivity index (χ1n) is 6.03. The second-order valence-corrected chi connectivity index (χ2v) is 6.79. The Morgan fingerprint density at radius 2 is 1.89 bits per heavy atom. The van der Waals surface area contributed by atoms with Crippen molar-refractivity contribution in [2.75, 3.05) is 7.05 Å². The number of halogens is 1. The van der Waals surface area contributed by atoms with Gasteiger partial charge in [0.15, 0.2) is 0 Å². The number of hydrogen-bond acceptors (Lipinski definition) is 2. The fourth-order valence-corrected chi connectivity index (χ4v) is 4.13. The van der Waals surface area contributed by atoms with E-state index in [9.17, 15) is 0 Å². The average molecular weight is 324 g/mol. The number of benzene rings is 1. The molecule has 2 aromatic rings. The molecule has 0 radical (unpaired) electrons. The van der Waals surface area contributed by atoms with Crippen LogP contribution in [0.3, 0.4) is 0 Å². The van der Waals surface area contributed by atoms with Gasteiger partial charge in [0.1, 0.15) is 0 Å². The van der Waals surface area contributed by atoms with Crippen LogP contribution < -0.4 is 5.32 Å². The highest BCUT2D eigenvalue weighted by atomic mass is 79.9. The molecule has 96 valence electrons. The normalized spacial score (nSPS) is 12.7. The Hall–Kier alpha value is -0.640. The van der Waals surface area contributed by atoms with Crippen LogP contribution in [0.1, 0.15) is 32.5 Å². The zero-order chi connectivity index (χ0) is 13.3. The van der Waals surface area contributed by atoms with E-state index in [1.54, 1.807) is 0 Å². The highest BCUT2D eigenvalue weighted by Gasteiger charge is 2.18. The molecular weight excluding hydrogens is 306 g/mol. The van der Waals surface area contributed by atoms with Crippen LogP contribution in [0.5, 0.6) is 0 Å². The van der Waals surface area contributed by atoms with Gasteiger partial charge in [0, 0.05) is 14.2 Å². The number of nitrogens with one attached hydrogen (secondary N) is 1. The maximum atomic E-state index is 3.68. The van der Waals surface area contributed by atoms with Crippen molar-refractivity contribution in [2.45, 2.75) is 26.8 Å². The zero-order valence-corrected chi connectivity index (χ0v) is 13.6. The molecule has 3 heteroatoms. The molecule has 0 amide bonds. The molecule has 1 atom stereocenters. The molecule has 0 bridgehead atoms. The molecule has 18 heavy (non-hydrogen) atoms. The van der Waals surface area contributed by atoms with Crippen molar-refractivity contribution in [1.82, 2.24) is 5.32 Å². The Bertz CT molecular complexity index is 560. The molecule has 0 saturated carbocycles. The summed E-state index contributed by atoms with van der Waals surface area (Å²) in [6.45, 7) is 6.47. The monoisotopic (exact) mass is 323 g/mol. The lowest BCUT2D eigenvalue weighted by molar-refractivity contribution is 0.697. The molecule has 0 saturated heterocycles. The van der Waals surface area contributed by atoms with Crippen LogP contribution in [0, 0.1) is 20.8 Å². The van der Waals surface area contributed by atoms with Crippen LogP contribution in [-0.4, -0.2) is 7.05 Å². The first kappa shape index (κ1) is 13.8. The van der Waals surface area contributed by atoms with E-state index in [4.69, 9.17) is 0 Å². The van der Waals surface area contributed by atoms with Gasteiger partial charge in [-0.2, -0.15) is 0 Å². The van der Waals surface area contributed by atoms with E-state index in [1.165, 1.54) is 30.9 Å². The smallest absolute Gasteiger partial charge is 0.0682 e. The molecule has 1 aromatic heterocycles. The Balaban J connectivity index is 2.48. The average Bonchev–Trinajstić information content (AvgIpc) is 2.62. The molecule has 0 aliphatic heterocycles. The fraction of sp³-hybridized carbons (Fsp3) is 0.333. The fourth-order valence-electron chi connectivity index (χ4n) is 2.24. The van der Waals surface area contributed by atoms with Crippen LogP contribution in [0.15, 0.2) is 28.7 Å². The van der Waals surface area contributed by atoms with Crippen LogP contribution in [0.25, 0.3) is 0 Å². The lowest BCUT2D eigenvalue weighted by Crippen LogP contribution is -2.17. The summed E-state index contributed by atoms with van der Waals surface area (Å²) in [5.41, 5.74) is 3.94. The molecule has 0 aliphatic rings. The van der Waals surface area contributed by atoms with Gasteiger partial charge < -0.3 is 5.32 Å². The maximum absolute atomic E-state index is 3.68. The van der Waals surface area contributed by atoms with Crippen molar-refractivity contribution in [3.63, 3.8) is 0 Å². The maximum Gasteiger partial charge on any atom is 0.0682 e. The van der Waals surface area contributed by atoms with Gasteiger partial charge in [-0.25, -0.2) is 0 Å². The minimum absolute atomic E-state index is 0.263. The van der Waals surface area contributed by atoms with E-state index >= 15 is 0 Å². The second-order valence-electron chi connectivity index (χ2n) is 4.65. The summed E-state index contributed by atoms with van der Waals surface area (Å²) >= 11 is 5.55. The first-order chi connectivity index (χ1) is 8.52. The molecule has 0 fully saturated rings. The van der Waals surface area contributed by atoms with E-state index < -0.39 is 0 Å². The Kier molecular flexibility index (Phi) is 4.25. The minimum Gasteiger partial charge on any atom is -0.309 e. The van der Waals surface area contributed by atoms with Crippen molar-refractivity contribution in [2.24, 2.45) is 0 Å². The van der Waals surface area contributed by atoms with E-state index in [0.29, 0.717) is 0 Å². The number of thiophene rings is 1. The number of hydrogen-bond donors (Lipinski definition) is 1. The van der Waals surface area contributed by atoms with Gasteiger partial charge in [0.2, 0.25) is 0 Å². The Morgan fingerprint density at radius 3 is 2.39 bits per heavy atom. The van der Waals surface area contributed by atoms with E-state index in [2.05, 4.69) is 66.3 Å². The summed E-state index contributed by atoms with van der Waals surface area (Å²) in [7, 11) is 2.02. The van der Waals surface area contributed by atoms with E-state index in [-0.39, 0.29) is 6.04 Å². The molecule has 1 unspecified atom stereocenters. The zero-order valence-electron chi connectivity index (χ0n) is 11.2. The quantitative estimate of drug-likeness (QED) is 0.859. The van der Waals surface area contributed by atoms with Crippen LogP contribution in [0.2, 0.25) is 0 Å². The molecule has 2 rings (SSSR count). The third-order valence-corrected chi connectivity index (χ3v) is 5.00. The first-order valence-corrected chi connectivity index (χ1v) is 7.64. The third-order valence-electron chi connectivity index (χ3n) is 3.10. The van der Waals surface area contributed by atoms with Gasteiger partial charge in [-0.05, 0) is 56.6 Å². The molecule has 1 nitrogen and oxygen atoms in total. The molecular formula is C15H18BrNS. The highest BCUT2D eigenvalue weighted by molar-refractivity contribution is 9.10. The van der Waals surface area contributed by atoms with Gasteiger partial charge in [0.25, 0.3) is 0 Å². The molecule has 0 aliphatic carbocycles. The summed E-state index contributed by atoms with van der Waals surface area (Å²) in [5, 5.41) is 3.43. The van der Waals surface area contributed by atoms with Crippen LogP contribution in [-0.2, 0) is 0 Å².